The number of carbonyl (C=O) groups excluding carboxylic acids is 2. The molecule has 2 aliphatic heterocycles. The smallest absolute Gasteiger partial charge is 0.374 e. The number of carbonyl (C=O) groups is 2. The van der Waals surface area contributed by atoms with E-state index < -0.39 is 23.5 Å². The number of morpholine rings is 1. The molecule has 7 nitrogen and oxygen atoms in total. The van der Waals surface area contributed by atoms with Crippen LogP contribution in [0.25, 0.3) is 0 Å². The molecule has 182 valence electrons. The van der Waals surface area contributed by atoms with Gasteiger partial charge in [-0.1, -0.05) is 17.8 Å². The molecule has 0 spiro atoms. The number of nitrogens with two attached hydrogens (primary N) is 1. The molecule has 0 radical (unpaired) electrons. The molecule has 33 heavy (non-hydrogen) atoms. The minimum Gasteiger partial charge on any atom is -0.374 e. The second-order valence-corrected chi connectivity index (χ2v) is 9.92. The van der Waals surface area contributed by atoms with Crippen molar-refractivity contribution >= 4 is 35.3 Å². The van der Waals surface area contributed by atoms with E-state index in [1.165, 1.54) is 29.6 Å². The molecule has 2 heterocycles. The molecular weight excluding hydrogens is 484 g/mol. The van der Waals surface area contributed by atoms with Crippen LogP contribution in [-0.2, 0) is 27.0 Å². The van der Waals surface area contributed by atoms with Gasteiger partial charge in [0.25, 0.3) is 0 Å². The largest absolute Gasteiger partial charge is 0.419 e. The van der Waals surface area contributed by atoms with Crippen LogP contribution in [0.2, 0.25) is 0 Å². The van der Waals surface area contributed by atoms with Crippen molar-refractivity contribution in [1.29, 1.82) is 0 Å². The number of rotatable bonds is 9. The summed E-state index contributed by atoms with van der Waals surface area (Å²) in [7, 11) is 0. The molecule has 1 unspecified atom stereocenters. The van der Waals surface area contributed by atoms with Gasteiger partial charge < -0.3 is 21.1 Å². The number of halogens is 4. The molecule has 1 fully saturated rings. The van der Waals surface area contributed by atoms with Crippen molar-refractivity contribution in [3.63, 3.8) is 0 Å². The summed E-state index contributed by atoms with van der Waals surface area (Å²) >= 11 is 2.84. The molecule has 0 aromatic heterocycles. The van der Waals surface area contributed by atoms with Crippen molar-refractivity contribution < 1.29 is 31.9 Å². The predicted octanol–water partition coefficient (Wildman–Crippen LogP) is 2.23. The van der Waals surface area contributed by atoms with Gasteiger partial charge >= 0.3 is 6.18 Å². The molecule has 2 aliphatic rings. The van der Waals surface area contributed by atoms with E-state index >= 15 is 0 Å². The fourth-order valence-corrected chi connectivity index (χ4v) is 5.33. The summed E-state index contributed by atoms with van der Waals surface area (Å²) in [6.07, 6.45) is -4.93. The number of nitrogens with one attached hydrogen (secondary N) is 2. The zero-order valence-electron chi connectivity index (χ0n) is 17.5. The van der Waals surface area contributed by atoms with Gasteiger partial charge in [-0.3, -0.25) is 14.5 Å². The van der Waals surface area contributed by atoms with E-state index in [0.29, 0.717) is 25.3 Å². The Morgan fingerprint density at radius 3 is 2.88 bits per heavy atom. The van der Waals surface area contributed by atoms with E-state index in [4.69, 9.17) is 10.5 Å². The van der Waals surface area contributed by atoms with Crippen molar-refractivity contribution in [2.75, 3.05) is 32.0 Å². The van der Waals surface area contributed by atoms with Crippen LogP contribution in [0.4, 0.5) is 17.6 Å². The topological polar surface area (TPSA) is 96.7 Å². The highest BCUT2D eigenvalue weighted by Gasteiger charge is 2.34. The summed E-state index contributed by atoms with van der Waals surface area (Å²) in [4.78, 5) is 25.0. The number of hydrogen-bond donors (Lipinski definition) is 3. The first-order valence-corrected chi connectivity index (χ1v) is 12.1. The zero-order valence-corrected chi connectivity index (χ0v) is 19.1. The summed E-state index contributed by atoms with van der Waals surface area (Å²) < 4.78 is 57.9. The number of nitrogens with zero attached hydrogens (tertiary/aromatic N) is 1. The maximum absolute atomic E-state index is 13.5. The lowest BCUT2D eigenvalue weighted by Crippen LogP contribution is -2.47. The maximum Gasteiger partial charge on any atom is 0.419 e. The fraction of sp³-hybridized carbons (Fsp3) is 0.500. The number of hydrogen-bond acceptors (Lipinski definition) is 7. The van der Waals surface area contributed by atoms with Crippen LogP contribution in [0.1, 0.15) is 17.5 Å². The standard InChI is InChI=1S/C20H24F4N4O3S2/c21-16-2-1-12(5-15(16)20(22,23)24)8-28-3-4-31-14(9-28)7-26-18(30)11-33-19-27-13(10-32-19)6-17(25)29/h1-2,5,10,14,19,27H,3-4,6-9,11H2,(H2,25,29)(H,26,30)/t14-,19?/m0/s1. The molecule has 0 aliphatic carbocycles. The zero-order chi connectivity index (χ0) is 24.0. The summed E-state index contributed by atoms with van der Waals surface area (Å²) in [5.41, 5.74) is 4.96. The molecule has 1 aromatic carbocycles. The Labute approximate surface area is 196 Å². The van der Waals surface area contributed by atoms with Crippen LogP contribution in [0, 0.1) is 5.82 Å². The fourth-order valence-electron chi connectivity index (χ4n) is 3.35. The minimum absolute atomic E-state index is 0.0798. The van der Waals surface area contributed by atoms with Crippen molar-refractivity contribution in [2.45, 2.75) is 30.0 Å². The van der Waals surface area contributed by atoms with Gasteiger partial charge in [-0.25, -0.2) is 4.39 Å². The van der Waals surface area contributed by atoms with Crippen molar-refractivity contribution in [2.24, 2.45) is 5.73 Å². The number of amides is 2. The van der Waals surface area contributed by atoms with Crippen LogP contribution in [0.5, 0.6) is 0 Å². The van der Waals surface area contributed by atoms with Gasteiger partial charge in [-0.2, -0.15) is 13.2 Å². The van der Waals surface area contributed by atoms with Gasteiger partial charge in [-0.05, 0) is 23.1 Å². The lowest BCUT2D eigenvalue weighted by molar-refractivity contribution is -0.140. The van der Waals surface area contributed by atoms with Crippen molar-refractivity contribution in [3.8, 4) is 0 Å². The van der Waals surface area contributed by atoms with Crippen molar-refractivity contribution in [3.05, 3.63) is 46.2 Å². The summed E-state index contributed by atoms with van der Waals surface area (Å²) in [5, 5.41) is 7.72. The summed E-state index contributed by atoms with van der Waals surface area (Å²) in [6, 6.07) is 3.00. The van der Waals surface area contributed by atoms with Crippen LogP contribution in [0.15, 0.2) is 29.3 Å². The van der Waals surface area contributed by atoms with Gasteiger partial charge in [0, 0.05) is 31.9 Å². The second kappa shape index (κ2) is 11.4. The van der Waals surface area contributed by atoms with E-state index in [2.05, 4.69) is 10.6 Å². The Morgan fingerprint density at radius 1 is 1.36 bits per heavy atom. The van der Waals surface area contributed by atoms with Gasteiger partial charge in [0.05, 0.1) is 30.4 Å². The summed E-state index contributed by atoms with van der Waals surface area (Å²) in [5.74, 6) is -1.70. The van der Waals surface area contributed by atoms with Crippen LogP contribution in [0.3, 0.4) is 0 Å². The van der Waals surface area contributed by atoms with E-state index in [1.54, 1.807) is 0 Å². The molecule has 2 amide bonds. The van der Waals surface area contributed by atoms with E-state index in [1.807, 2.05) is 10.3 Å². The number of benzene rings is 1. The van der Waals surface area contributed by atoms with E-state index in [0.717, 1.165) is 17.8 Å². The highest BCUT2D eigenvalue weighted by Crippen LogP contribution is 2.32. The lowest BCUT2D eigenvalue weighted by atomic mass is 10.1. The summed E-state index contributed by atoms with van der Waals surface area (Å²) in [6.45, 7) is 1.80. The van der Waals surface area contributed by atoms with Gasteiger partial charge in [0.15, 0.2) is 0 Å². The first-order chi connectivity index (χ1) is 15.6. The van der Waals surface area contributed by atoms with Gasteiger partial charge in [0.2, 0.25) is 11.8 Å². The highest BCUT2D eigenvalue weighted by atomic mass is 32.2. The van der Waals surface area contributed by atoms with Crippen molar-refractivity contribution in [1.82, 2.24) is 15.5 Å². The van der Waals surface area contributed by atoms with E-state index in [9.17, 15) is 27.2 Å². The Morgan fingerprint density at radius 2 is 2.15 bits per heavy atom. The van der Waals surface area contributed by atoms with E-state index in [-0.39, 0.29) is 42.0 Å². The monoisotopic (exact) mass is 508 g/mol. The SMILES string of the molecule is NC(=O)CC1=CSC(SCC(=O)NC[C@H]2CN(Cc3ccc(F)c(C(F)(F)F)c3)CCO2)N1. The third kappa shape index (κ3) is 8.09. The number of alkyl halides is 3. The van der Waals surface area contributed by atoms with Crippen LogP contribution < -0.4 is 16.4 Å². The van der Waals surface area contributed by atoms with Crippen LogP contribution in [-0.4, -0.2) is 59.5 Å². The Kier molecular flexibility index (Phi) is 8.90. The number of ether oxygens (including phenoxy) is 1. The second-order valence-electron chi connectivity index (χ2n) is 7.55. The molecule has 1 saturated heterocycles. The third-order valence-electron chi connectivity index (χ3n) is 4.86. The highest BCUT2D eigenvalue weighted by molar-refractivity contribution is 8.18. The Bertz CT molecular complexity index is 901. The minimum atomic E-state index is -4.75. The average molecular weight is 509 g/mol. The molecule has 1 aromatic rings. The number of thioether (sulfide) groups is 2. The first-order valence-electron chi connectivity index (χ1n) is 10.1. The predicted molar refractivity (Wildman–Crippen MR) is 118 cm³/mol. The van der Waals surface area contributed by atoms with Gasteiger partial charge in [-0.15, -0.1) is 11.8 Å². The molecular formula is C20H24F4N4O3S2. The Balaban J connectivity index is 1.40. The molecule has 13 heteroatoms. The average Bonchev–Trinajstić information content (AvgIpc) is 3.18. The molecule has 0 saturated carbocycles. The first kappa shape index (κ1) is 25.7. The van der Waals surface area contributed by atoms with Gasteiger partial charge in [0.1, 0.15) is 10.5 Å². The normalized spacial score (nSPS) is 21.4. The number of primary amides is 1. The molecule has 4 N–H and O–H groups in total. The molecule has 0 bridgehead atoms. The third-order valence-corrected chi connectivity index (χ3v) is 7.24. The molecule has 2 atom stereocenters. The Hall–Kier alpha value is -1.96. The molecule has 3 rings (SSSR count). The quantitative estimate of drug-likeness (QED) is 0.440. The lowest BCUT2D eigenvalue weighted by Gasteiger charge is -2.33. The maximum atomic E-state index is 13.5. The van der Waals surface area contributed by atoms with Crippen LogP contribution >= 0.6 is 23.5 Å².